The van der Waals surface area contributed by atoms with E-state index in [0.29, 0.717) is 5.75 Å². The Balaban J connectivity index is 2.83. The van der Waals surface area contributed by atoms with Gasteiger partial charge in [0.25, 0.3) is 0 Å². The van der Waals surface area contributed by atoms with Crippen molar-refractivity contribution in [2.24, 2.45) is 0 Å². The minimum absolute atomic E-state index is 0.0775. The molecule has 0 fully saturated rings. The van der Waals surface area contributed by atoms with Gasteiger partial charge in [0.15, 0.2) is 9.84 Å². The Labute approximate surface area is 96.0 Å². The first-order valence-corrected chi connectivity index (χ1v) is 6.33. The zero-order valence-corrected chi connectivity index (χ0v) is 9.62. The number of fused-ring (bicyclic) bond motifs is 1. The van der Waals surface area contributed by atoms with Crippen LogP contribution in [0.2, 0.25) is 0 Å². The van der Waals surface area contributed by atoms with Crippen molar-refractivity contribution in [1.82, 2.24) is 0 Å². The average molecular weight is 237 g/mol. The Morgan fingerprint density at radius 3 is 2.62 bits per heavy atom. The van der Waals surface area contributed by atoms with Gasteiger partial charge >= 0.3 is 0 Å². The molecule has 2 aromatic rings. The third kappa shape index (κ3) is 1.76. The molecule has 0 saturated carbocycles. The van der Waals surface area contributed by atoms with Gasteiger partial charge in [0.05, 0.1) is 7.11 Å². The number of methoxy groups -OCH3 is 1. The molecule has 0 amide bonds. The number of benzene rings is 2. The van der Waals surface area contributed by atoms with E-state index < -0.39 is 16.1 Å². The van der Waals surface area contributed by atoms with Gasteiger partial charge in [0, 0.05) is 13.0 Å². The third-order valence-electron chi connectivity index (χ3n) is 2.38. The highest BCUT2D eigenvalue weighted by molar-refractivity contribution is 7.90. The second-order valence-corrected chi connectivity index (χ2v) is 5.10. The molecule has 0 bridgehead atoms. The van der Waals surface area contributed by atoms with E-state index in [1.807, 2.05) is 18.2 Å². The van der Waals surface area contributed by atoms with Crippen molar-refractivity contribution in [3.63, 3.8) is 0 Å². The van der Waals surface area contributed by atoms with E-state index in [1.54, 1.807) is 12.1 Å². The van der Waals surface area contributed by atoms with E-state index in [1.165, 1.54) is 13.2 Å². The molecule has 84 valence electrons. The van der Waals surface area contributed by atoms with Gasteiger partial charge in [-0.2, -0.15) is 0 Å². The smallest absolute Gasteiger partial charge is 0.179 e. The van der Waals surface area contributed by atoms with Crippen molar-refractivity contribution in [3.8, 4) is 5.75 Å². The molecule has 2 aromatic carbocycles. The maximum absolute atomic E-state index is 11.8. The molecule has 0 unspecified atom stereocenters. The fraction of sp³-hybridized carbons (Fsp3) is 0.167. The molecule has 0 aliphatic carbocycles. The molecule has 4 heteroatoms. The zero-order valence-electron chi connectivity index (χ0n) is 9.80. The number of sulfone groups is 1. The van der Waals surface area contributed by atoms with E-state index in [9.17, 15) is 8.42 Å². The molecular weight excluding hydrogens is 224 g/mol. The van der Waals surface area contributed by atoms with Gasteiger partial charge in [0.2, 0.25) is 0 Å². The minimum Gasteiger partial charge on any atom is -0.495 e. The highest BCUT2D eigenvalue weighted by Gasteiger charge is 2.16. The maximum atomic E-state index is 11.8. The van der Waals surface area contributed by atoms with Crippen LogP contribution in [0, 0.1) is 0 Å². The molecular formula is C12H12O3S. The number of hydrogen-bond acceptors (Lipinski definition) is 3. The summed E-state index contributed by atoms with van der Waals surface area (Å²) in [7, 11) is -2.16. The molecule has 0 atom stereocenters. The van der Waals surface area contributed by atoms with Crippen LogP contribution in [-0.2, 0) is 9.84 Å². The van der Waals surface area contributed by atoms with Gasteiger partial charge in [-0.1, -0.05) is 30.3 Å². The van der Waals surface area contributed by atoms with Crippen molar-refractivity contribution >= 4 is 20.6 Å². The molecule has 0 aromatic heterocycles. The summed E-state index contributed by atoms with van der Waals surface area (Å²) in [6.07, 6.45) is -0.679. The van der Waals surface area contributed by atoms with Crippen LogP contribution in [0.15, 0.2) is 41.3 Å². The molecule has 0 aliphatic heterocycles. The van der Waals surface area contributed by atoms with E-state index in [2.05, 4.69) is 0 Å². The molecule has 0 aliphatic rings. The zero-order chi connectivity index (χ0) is 12.5. The van der Waals surface area contributed by atoms with Crippen LogP contribution in [-0.4, -0.2) is 21.8 Å². The standard InChI is InChI=1S/C12H12O3S/c1-15-12-10-6-4-3-5-9(10)7-8-11(12)16(2,13)14/h3-8H,1-2H3/i2D. The number of rotatable bonds is 2. The summed E-state index contributed by atoms with van der Waals surface area (Å²) < 4.78 is 35.8. The van der Waals surface area contributed by atoms with Crippen molar-refractivity contribution in [1.29, 1.82) is 0 Å². The molecule has 16 heavy (non-hydrogen) atoms. The van der Waals surface area contributed by atoms with Crippen molar-refractivity contribution in [2.75, 3.05) is 13.3 Å². The van der Waals surface area contributed by atoms with Crippen LogP contribution < -0.4 is 4.74 Å². The SMILES string of the molecule is [2H]CS(=O)(=O)c1ccc2ccccc2c1OC. The van der Waals surface area contributed by atoms with Crippen LogP contribution in [0.4, 0.5) is 0 Å². The lowest BCUT2D eigenvalue weighted by atomic mass is 10.1. The summed E-state index contributed by atoms with van der Waals surface area (Å²) in [6.45, 7) is 0. The second kappa shape index (κ2) is 3.79. The van der Waals surface area contributed by atoms with Crippen LogP contribution in [0.5, 0.6) is 5.75 Å². The molecule has 3 nitrogen and oxygen atoms in total. The van der Waals surface area contributed by atoms with Crippen molar-refractivity contribution in [3.05, 3.63) is 36.4 Å². The third-order valence-corrected chi connectivity index (χ3v) is 3.37. The Morgan fingerprint density at radius 1 is 1.19 bits per heavy atom. The topological polar surface area (TPSA) is 43.4 Å². The van der Waals surface area contributed by atoms with Gasteiger partial charge < -0.3 is 4.74 Å². The first kappa shape index (κ1) is 9.66. The quantitative estimate of drug-likeness (QED) is 0.804. The monoisotopic (exact) mass is 237 g/mol. The molecule has 0 heterocycles. The van der Waals surface area contributed by atoms with E-state index in [0.717, 1.165) is 10.8 Å². The predicted molar refractivity (Wildman–Crippen MR) is 63.6 cm³/mol. The highest BCUT2D eigenvalue weighted by Crippen LogP contribution is 2.32. The summed E-state index contributed by atoms with van der Waals surface area (Å²) >= 11 is 0. The lowest BCUT2D eigenvalue weighted by Gasteiger charge is -2.10. The van der Waals surface area contributed by atoms with Gasteiger partial charge in [-0.15, -0.1) is 0 Å². The molecule has 2 rings (SSSR count). The van der Waals surface area contributed by atoms with Crippen LogP contribution >= 0.6 is 0 Å². The molecule has 0 N–H and O–H groups in total. The lowest BCUT2D eigenvalue weighted by molar-refractivity contribution is 0.408. The summed E-state index contributed by atoms with van der Waals surface area (Å²) in [6, 6.07) is 10.6. The fourth-order valence-electron chi connectivity index (χ4n) is 1.68. The number of hydrogen-bond donors (Lipinski definition) is 0. The van der Waals surface area contributed by atoms with Crippen molar-refractivity contribution < 1.29 is 14.5 Å². The summed E-state index contributed by atoms with van der Waals surface area (Å²) in [5.74, 6) is 0.315. The Morgan fingerprint density at radius 2 is 1.94 bits per heavy atom. The maximum Gasteiger partial charge on any atom is 0.179 e. The van der Waals surface area contributed by atoms with Gasteiger partial charge in [-0.25, -0.2) is 8.42 Å². The van der Waals surface area contributed by atoms with E-state index in [4.69, 9.17) is 6.11 Å². The molecule has 0 spiro atoms. The first-order valence-electron chi connectivity index (χ1n) is 5.38. The molecule has 0 saturated heterocycles. The summed E-state index contributed by atoms with van der Waals surface area (Å²) in [5, 5.41) is 1.65. The Bertz CT molecular complexity index is 650. The highest BCUT2D eigenvalue weighted by atomic mass is 32.2. The average Bonchev–Trinajstić information content (AvgIpc) is 2.37. The predicted octanol–water partition coefficient (Wildman–Crippen LogP) is 2.25. The van der Waals surface area contributed by atoms with E-state index in [-0.39, 0.29) is 4.90 Å². The first-order chi connectivity index (χ1) is 8.10. The van der Waals surface area contributed by atoms with E-state index >= 15 is 0 Å². The fourth-order valence-corrected chi connectivity index (χ4v) is 2.43. The Kier molecular flexibility index (Phi) is 2.29. The normalized spacial score (nSPS) is 12.4. The minimum atomic E-state index is -3.59. The van der Waals surface area contributed by atoms with Crippen LogP contribution in [0.25, 0.3) is 10.8 Å². The van der Waals surface area contributed by atoms with Gasteiger partial charge in [0.1, 0.15) is 10.6 Å². The molecule has 0 radical (unpaired) electrons. The number of ether oxygens (including phenoxy) is 1. The largest absolute Gasteiger partial charge is 0.495 e. The second-order valence-electron chi connectivity index (χ2n) is 3.43. The Hall–Kier alpha value is -1.55. The summed E-state index contributed by atoms with van der Waals surface area (Å²) in [4.78, 5) is 0.0775. The van der Waals surface area contributed by atoms with Crippen LogP contribution in [0.1, 0.15) is 1.37 Å². The van der Waals surface area contributed by atoms with Gasteiger partial charge in [-0.05, 0) is 11.5 Å². The summed E-state index contributed by atoms with van der Waals surface area (Å²) in [5.41, 5.74) is 0. The lowest BCUT2D eigenvalue weighted by Crippen LogP contribution is -2.01. The van der Waals surface area contributed by atoms with Gasteiger partial charge in [-0.3, -0.25) is 0 Å². The van der Waals surface area contributed by atoms with Crippen molar-refractivity contribution in [2.45, 2.75) is 4.90 Å². The van der Waals surface area contributed by atoms with Crippen LogP contribution in [0.3, 0.4) is 0 Å².